The van der Waals surface area contributed by atoms with E-state index in [1.807, 2.05) is 31.8 Å². The highest BCUT2D eigenvalue weighted by Crippen LogP contribution is 2.34. The van der Waals surface area contributed by atoms with Gasteiger partial charge in [-0.05, 0) is 44.0 Å². The van der Waals surface area contributed by atoms with E-state index >= 15 is 0 Å². The molecule has 0 aromatic carbocycles. The van der Waals surface area contributed by atoms with Gasteiger partial charge in [0.15, 0.2) is 0 Å². The number of nitrogens with zero attached hydrogens (tertiary/aromatic N) is 7. The van der Waals surface area contributed by atoms with E-state index in [1.54, 1.807) is 15.4 Å². The van der Waals surface area contributed by atoms with Crippen molar-refractivity contribution in [2.75, 3.05) is 24.5 Å². The first kappa shape index (κ1) is 23.6. The summed E-state index contributed by atoms with van der Waals surface area (Å²) in [5.41, 5.74) is 5.63. The summed E-state index contributed by atoms with van der Waals surface area (Å²) in [7, 11) is 1.90. The van der Waals surface area contributed by atoms with Crippen LogP contribution >= 0.6 is 23.7 Å². The lowest BCUT2D eigenvalue weighted by molar-refractivity contribution is 0.163. The fraction of sp³-hybridized carbons (Fsp3) is 0.333. The van der Waals surface area contributed by atoms with Crippen LogP contribution < -0.4 is 10.2 Å². The maximum Gasteiger partial charge on any atom is 0.128 e. The van der Waals surface area contributed by atoms with Gasteiger partial charge in [0.05, 0.1) is 47.2 Å². The van der Waals surface area contributed by atoms with Gasteiger partial charge in [-0.15, -0.1) is 0 Å². The molecule has 0 bridgehead atoms. The van der Waals surface area contributed by atoms with Gasteiger partial charge in [-0.25, -0.2) is 9.50 Å². The van der Waals surface area contributed by atoms with Crippen LogP contribution in [0.25, 0.3) is 27.8 Å². The van der Waals surface area contributed by atoms with E-state index < -0.39 is 0 Å². The minimum absolute atomic E-state index is 0.379. The number of aromatic nitrogens is 5. The molecular weight excluding hydrogens is 487 g/mol. The third kappa shape index (κ3) is 4.58. The minimum Gasteiger partial charge on any atom is -0.356 e. The largest absolute Gasteiger partial charge is 0.356 e. The molecule has 4 aromatic heterocycles. The van der Waals surface area contributed by atoms with Crippen molar-refractivity contribution in [3.8, 4) is 28.3 Å². The zero-order chi connectivity index (χ0) is 24.4. The van der Waals surface area contributed by atoms with Crippen molar-refractivity contribution >= 4 is 35.1 Å². The fourth-order valence-corrected chi connectivity index (χ4v) is 4.95. The molecule has 1 N–H and O–H groups in total. The summed E-state index contributed by atoms with van der Waals surface area (Å²) in [6.07, 6.45) is 12.9. The van der Waals surface area contributed by atoms with E-state index in [0.717, 1.165) is 53.2 Å². The van der Waals surface area contributed by atoms with Crippen LogP contribution in [-0.2, 0) is 10.9 Å². The average Bonchev–Trinajstić information content (AvgIpc) is 3.49. The Morgan fingerprint density at radius 1 is 1.03 bits per heavy atom. The lowest BCUT2D eigenvalue weighted by Crippen LogP contribution is -2.62. The zero-order valence-electron chi connectivity index (χ0n) is 19.2. The van der Waals surface area contributed by atoms with Gasteiger partial charge in [0.25, 0.3) is 0 Å². The van der Waals surface area contributed by atoms with E-state index in [9.17, 15) is 5.26 Å². The van der Waals surface area contributed by atoms with Crippen LogP contribution in [0.4, 0.5) is 5.82 Å². The highest BCUT2D eigenvalue weighted by Gasteiger charge is 2.39. The van der Waals surface area contributed by atoms with Gasteiger partial charge < -0.3 is 10.2 Å². The number of rotatable bonds is 3. The summed E-state index contributed by atoms with van der Waals surface area (Å²) < 4.78 is 6.75. The SMILES string of the molecule is ClOCl.Cn1cc(-c2cc(-c3ccc(N4CCC5(CCN5)CC4)nc3)c3c(C#N)cnn3c2)cn1. The number of aryl methyl sites for hydroxylation is 1. The number of halogens is 2. The van der Waals surface area contributed by atoms with Gasteiger partial charge in [0, 0.05) is 66.5 Å². The second-order valence-corrected chi connectivity index (χ2v) is 9.38. The molecule has 2 aliphatic rings. The number of nitrogens with one attached hydrogen (secondary N) is 1. The summed E-state index contributed by atoms with van der Waals surface area (Å²) >= 11 is 8.53. The number of piperidine rings is 1. The Morgan fingerprint density at radius 2 is 1.80 bits per heavy atom. The normalized spacial score (nSPS) is 16.5. The predicted molar refractivity (Wildman–Crippen MR) is 135 cm³/mol. The molecule has 0 atom stereocenters. The third-order valence-corrected chi connectivity index (χ3v) is 6.98. The minimum atomic E-state index is 0.379. The van der Waals surface area contributed by atoms with Crippen LogP contribution in [0.1, 0.15) is 24.8 Å². The Labute approximate surface area is 213 Å². The van der Waals surface area contributed by atoms with Crippen molar-refractivity contribution in [1.29, 1.82) is 5.26 Å². The van der Waals surface area contributed by atoms with Gasteiger partial charge in [0.1, 0.15) is 11.9 Å². The van der Waals surface area contributed by atoms with Crippen molar-refractivity contribution in [2.45, 2.75) is 24.8 Å². The van der Waals surface area contributed by atoms with Gasteiger partial charge >= 0.3 is 0 Å². The van der Waals surface area contributed by atoms with E-state index in [4.69, 9.17) is 4.98 Å². The molecule has 9 nitrogen and oxygen atoms in total. The molecule has 180 valence electrons. The van der Waals surface area contributed by atoms with E-state index in [2.05, 4.69) is 72.3 Å². The van der Waals surface area contributed by atoms with Gasteiger partial charge in [-0.2, -0.15) is 19.3 Å². The number of fused-ring (bicyclic) bond motifs is 1. The van der Waals surface area contributed by atoms with Crippen LogP contribution in [0.2, 0.25) is 0 Å². The summed E-state index contributed by atoms with van der Waals surface area (Å²) in [6.45, 7) is 3.21. The van der Waals surface area contributed by atoms with Crippen LogP contribution in [-0.4, -0.2) is 49.6 Å². The van der Waals surface area contributed by atoms with Crippen molar-refractivity contribution in [3.63, 3.8) is 0 Å². The Bertz CT molecular complexity index is 1360. The molecule has 1 spiro atoms. The number of anilines is 1. The fourth-order valence-electron chi connectivity index (χ4n) is 4.95. The average molecular weight is 511 g/mol. The molecule has 6 rings (SSSR count). The first-order chi connectivity index (χ1) is 17.1. The molecular formula is C24H24Cl2N8O. The molecule has 0 unspecified atom stereocenters. The quantitative estimate of drug-likeness (QED) is 0.438. The Kier molecular flexibility index (Phi) is 6.62. The highest BCUT2D eigenvalue weighted by atomic mass is 35.6. The maximum atomic E-state index is 9.62. The lowest BCUT2D eigenvalue weighted by atomic mass is 9.79. The second kappa shape index (κ2) is 9.84. The third-order valence-electron chi connectivity index (χ3n) is 6.98. The Hall–Kier alpha value is -3.16. The molecule has 0 radical (unpaired) electrons. The summed E-state index contributed by atoms with van der Waals surface area (Å²) in [6, 6.07) is 8.56. The molecule has 0 aliphatic carbocycles. The van der Waals surface area contributed by atoms with E-state index in [-0.39, 0.29) is 0 Å². The van der Waals surface area contributed by atoms with Crippen molar-refractivity contribution in [2.24, 2.45) is 7.05 Å². The molecule has 2 aliphatic heterocycles. The molecule has 0 saturated carbocycles. The van der Waals surface area contributed by atoms with E-state index in [0.29, 0.717) is 11.1 Å². The smallest absolute Gasteiger partial charge is 0.128 e. The number of hydrogen-bond donors (Lipinski definition) is 1. The van der Waals surface area contributed by atoms with Gasteiger partial charge in [-0.1, -0.05) is 0 Å². The number of hydrogen-bond acceptors (Lipinski definition) is 7. The van der Waals surface area contributed by atoms with Crippen molar-refractivity contribution in [3.05, 3.63) is 54.7 Å². The monoisotopic (exact) mass is 510 g/mol. The van der Waals surface area contributed by atoms with Crippen molar-refractivity contribution < 1.29 is 3.84 Å². The molecule has 6 heterocycles. The summed E-state index contributed by atoms with van der Waals surface area (Å²) in [4.78, 5) is 7.17. The Balaban J connectivity index is 0.000000806. The predicted octanol–water partition coefficient (Wildman–Crippen LogP) is 4.31. The topological polar surface area (TPSA) is 96.3 Å². The van der Waals surface area contributed by atoms with Crippen LogP contribution in [0, 0.1) is 11.3 Å². The van der Waals surface area contributed by atoms with Gasteiger partial charge in [0.2, 0.25) is 0 Å². The van der Waals surface area contributed by atoms with Crippen LogP contribution in [0.3, 0.4) is 0 Å². The maximum absolute atomic E-state index is 9.62. The molecule has 2 fully saturated rings. The van der Waals surface area contributed by atoms with Crippen LogP contribution in [0.5, 0.6) is 0 Å². The standard InChI is InChI=1S/C24H24N8.Cl2O/c1-30-15-20(14-28-30)18-10-21(23-19(11-25)13-29-32(23)16-18)17-2-3-22(26-12-17)31-8-5-24(6-9-31)4-7-27-24;1-3-2/h2-3,10,12-16,27H,4-9H2,1H3;. The number of nitriles is 1. The molecule has 35 heavy (non-hydrogen) atoms. The first-order valence-corrected chi connectivity index (χ1v) is 11.9. The second-order valence-electron chi connectivity index (χ2n) is 8.92. The molecule has 0 amide bonds. The number of pyridine rings is 2. The van der Waals surface area contributed by atoms with Gasteiger partial charge in [-0.3, -0.25) is 4.68 Å². The van der Waals surface area contributed by atoms with E-state index in [1.165, 1.54) is 19.3 Å². The van der Waals surface area contributed by atoms with Crippen LogP contribution in [0.15, 0.2) is 49.2 Å². The molecule has 4 aromatic rings. The molecule has 2 saturated heterocycles. The summed E-state index contributed by atoms with van der Waals surface area (Å²) in [5.74, 6) is 1.01. The Morgan fingerprint density at radius 3 is 2.37 bits per heavy atom. The highest BCUT2D eigenvalue weighted by molar-refractivity contribution is 6.24. The first-order valence-electron chi connectivity index (χ1n) is 11.3. The zero-order valence-corrected chi connectivity index (χ0v) is 20.7. The summed E-state index contributed by atoms with van der Waals surface area (Å²) in [5, 5.41) is 22.0. The lowest BCUT2D eigenvalue weighted by Gasteiger charge is -2.49. The molecule has 11 heteroatoms. The van der Waals surface area contributed by atoms with Crippen molar-refractivity contribution in [1.82, 2.24) is 29.7 Å².